The highest BCUT2D eigenvalue weighted by molar-refractivity contribution is 7.98. The van der Waals surface area contributed by atoms with Crippen LogP contribution in [-0.2, 0) is 4.74 Å². The van der Waals surface area contributed by atoms with Crippen molar-refractivity contribution in [2.75, 3.05) is 20.2 Å². The number of methoxy groups -OCH3 is 1. The highest BCUT2D eigenvalue weighted by Gasteiger charge is 2.13. The molecule has 1 aromatic carbocycles. The van der Waals surface area contributed by atoms with Gasteiger partial charge in [0.2, 0.25) is 0 Å². The molecule has 15 heavy (non-hydrogen) atoms. The Balaban J connectivity index is 3.06. The second kappa shape index (κ2) is 5.72. The zero-order chi connectivity index (χ0) is 11.3. The molecule has 0 aliphatic heterocycles. The van der Waals surface area contributed by atoms with Gasteiger partial charge in [-0.15, -0.1) is 11.8 Å². The van der Waals surface area contributed by atoms with Crippen LogP contribution in [0.5, 0.6) is 5.75 Å². The van der Waals surface area contributed by atoms with E-state index in [1.807, 2.05) is 0 Å². The predicted molar refractivity (Wildman–Crippen MR) is 56.1 cm³/mol. The Hall–Kier alpha value is -1.07. The van der Waals surface area contributed by atoms with Gasteiger partial charge in [0.25, 0.3) is 0 Å². The second-order valence-electron chi connectivity index (χ2n) is 2.67. The van der Waals surface area contributed by atoms with Crippen molar-refractivity contribution in [2.45, 2.75) is 4.90 Å². The van der Waals surface area contributed by atoms with Crippen LogP contribution in [0.15, 0.2) is 17.0 Å². The molecular formula is C10H11FO3S. The first-order valence-electron chi connectivity index (χ1n) is 4.18. The fourth-order valence-corrected chi connectivity index (χ4v) is 1.70. The van der Waals surface area contributed by atoms with E-state index in [1.54, 1.807) is 12.3 Å². The lowest BCUT2D eigenvalue weighted by molar-refractivity contribution is 0.0487. The van der Waals surface area contributed by atoms with Crippen LogP contribution >= 0.6 is 11.8 Å². The molecule has 0 fully saturated rings. The van der Waals surface area contributed by atoms with Gasteiger partial charge in [0.05, 0.1) is 10.5 Å². The van der Waals surface area contributed by atoms with Gasteiger partial charge < -0.3 is 9.47 Å². The number of carbonyl (C=O) groups is 1. The Morgan fingerprint density at radius 3 is 2.80 bits per heavy atom. The van der Waals surface area contributed by atoms with E-state index in [4.69, 9.17) is 9.47 Å². The molecule has 0 aliphatic carbocycles. The van der Waals surface area contributed by atoms with Gasteiger partial charge >= 0.3 is 0 Å². The van der Waals surface area contributed by atoms with Crippen LogP contribution in [0.25, 0.3) is 0 Å². The van der Waals surface area contributed by atoms with Crippen molar-refractivity contribution < 1.29 is 18.7 Å². The Labute approximate surface area is 91.6 Å². The van der Waals surface area contributed by atoms with E-state index in [2.05, 4.69) is 0 Å². The summed E-state index contributed by atoms with van der Waals surface area (Å²) in [6.07, 6.45) is 2.20. The van der Waals surface area contributed by atoms with E-state index >= 15 is 0 Å². The first-order chi connectivity index (χ1) is 7.24. The largest absolute Gasteiger partial charge is 0.466 e. The Kier molecular flexibility index (Phi) is 4.58. The molecule has 0 heterocycles. The molecular weight excluding hydrogens is 219 g/mol. The summed E-state index contributed by atoms with van der Waals surface area (Å²) >= 11 is 1.19. The predicted octanol–water partition coefficient (Wildman–Crippen LogP) is 2.34. The third-order valence-corrected chi connectivity index (χ3v) is 2.54. The summed E-state index contributed by atoms with van der Waals surface area (Å²) in [6.45, 7) is 0.0490. The summed E-state index contributed by atoms with van der Waals surface area (Å²) in [5.41, 5.74) is 0.0316. The first kappa shape index (κ1) is 12.0. The SMILES string of the molecule is COCOc1ccc(C=O)c(F)c1SC. The number of halogens is 1. The maximum atomic E-state index is 13.6. The van der Waals surface area contributed by atoms with Crippen LogP contribution in [0.1, 0.15) is 10.4 Å². The number of rotatable bonds is 5. The van der Waals surface area contributed by atoms with E-state index in [0.717, 1.165) is 0 Å². The number of hydrogen-bond donors (Lipinski definition) is 0. The lowest BCUT2D eigenvalue weighted by Crippen LogP contribution is -2.02. The van der Waals surface area contributed by atoms with Crippen LogP contribution in [0, 0.1) is 5.82 Å². The van der Waals surface area contributed by atoms with Crippen LogP contribution in [-0.4, -0.2) is 26.4 Å². The standard InChI is InChI=1S/C10H11FO3S/c1-13-6-14-8-4-3-7(5-12)9(11)10(8)15-2/h3-5H,6H2,1-2H3. The maximum Gasteiger partial charge on any atom is 0.188 e. The van der Waals surface area contributed by atoms with Crippen LogP contribution in [0.4, 0.5) is 4.39 Å². The molecule has 0 radical (unpaired) electrons. The molecule has 0 spiro atoms. The third kappa shape index (κ3) is 2.70. The van der Waals surface area contributed by atoms with Gasteiger partial charge in [0.1, 0.15) is 5.75 Å². The Morgan fingerprint density at radius 2 is 2.27 bits per heavy atom. The van der Waals surface area contributed by atoms with Crippen molar-refractivity contribution in [3.63, 3.8) is 0 Å². The van der Waals surface area contributed by atoms with E-state index in [1.165, 1.54) is 24.9 Å². The maximum absolute atomic E-state index is 13.6. The summed E-state index contributed by atoms with van der Waals surface area (Å²) in [4.78, 5) is 10.8. The number of thioether (sulfide) groups is 1. The molecule has 0 N–H and O–H groups in total. The van der Waals surface area contributed by atoms with E-state index < -0.39 is 5.82 Å². The smallest absolute Gasteiger partial charge is 0.188 e. The van der Waals surface area contributed by atoms with Gasteiger partial charge in [-0.2, -0.15) is 0 Å². The number of hydrogen-bond acceptors (Lipinski definition) is 4. The van der Waals surface area contributed by atoms with Gasteiger partial charge in [0, 0.05) is 7.11 Å². The normalized spacial score (nSPS) is 10.1. The van der Waals surface area contributed by atoms with Crippen molar-refractivity contribution in [1.29, 1.82) is 0 Å². The van der Waals surface area contributed by atoms with E-state index in [-0.39, 0.29) is 12.4 Å². The lowest BCUT2D eigenvalue weighted by atomic mass is 10.2. The van der Waals surface area contributed by atoms with Gasteiger partial charge in [-0.1, -0.05) is 0 Å². The van der Waals surface area contributed by atoms with Crippen molar-refractivity contribution >= 4 is 18.0 Å². The van der Waals surface area contributed by atoms with Crippen molar-refractivity contribution in [3.05, 3.63) is 23.5 Å². The second-order valence-corrected chi connectivity index (χ2v) is 3.49. The van der Waals surface area contributed by atoms with E-state index in [9.17, 15) is 9.18 Å². The van der Waals surface area contributed by atoms with Crippen molar-refractivity contribution in [1.82, 2.24) is 0 Å². The van der Waals surface area contributed by atoms with E-state index in [0.29, 0.717) is 16.9 Å². The first-order valence-corrected chi connectivity index (χ1v) is 5.40. The minimum absolute atomic E-state index is 0.0316. The highest BCUT2D eigenvalue weighted by Crippen LogP contribution is 2.31. The molecule has 0 saturated heterocycles. The molecule has 0 aliphatic rings. The molecule has 3 nitrogen and oxygen atoms in total. The number of aldehydes is 1. The number of carbonyl (C=O) groups excluding carboxylic acids is 1. The Bertz CT molecular complexity index is 355. The fraction of sp³-hybridized carbons (Fsp3) is 0.300. The van der Waals surface area contributed by atoms with Gasteiger partial charge in [0.15, 0.2) is 18.9 Å². The average molecular weight is 230 g/mol. The summed E-state index contributed by atoms with van der Waals surface area (Å²) in [5, 5.41) is 0. The fourth-order valence-electron chi connectivity index (χ4n) is 1.07. The molecule has 0 atom stereocenters. The van der Waals surface area contributed by atoms with Crippen LogP contribution < -0.4 is 4.74 Å². The molecule has 1 rings (SSSR count). The zero-order valence-electron chi connectivity index (χ0n) is 8.45. The lowest BCUT2D eigenvalue weighted by Gasteiger charge is -2.10. The van der Waals surface area contributed by atoms with Crippen LogP contribution in [0.3, 0.4) is 0 Å². The van der Waals surface area contributed by atoms with Gasteiger partial charge in [-0.05, 0) is 18.4 Å². The van der Waals surface area contributed by atoms with Crippen molar-refractivity contribution in [3.8, 4) is 5.75 Å². The molecule has 5 heteroatoms. The average Bonchev–Trinajstić information content (AvgIpc) is 2.26. The number of ether oxygens (including phenoxy) is 2. The zero-order valence-corrected chi connectivity index (χ0v) is 9.27. The summed E-state index contributed by atoms with van der Waals surface area (Å²) in [7, 11) is 1.48. The van der Waals surface area contributed by atoms with Crippen LogP contribution in [0.2, 0.25) is 0 Å². The van der Waals surface area contributed by atoms with Gasteiger partial charge in [-0.25, -0.2) is 4.39 Å². The Morgan fingerprint density at radius 1 is 1.53 bits per heavy atom. The third-order valence-electron chi connectivity index (χ3n) is 1.75. The number of benzene rings is 1. The molecule has 0 bridgehead atoms. The minimum atomic E-state index is -0.550. The minimum Gasteiger partial charge on any atom is -0.466 e. The molecule has 0 amide bonds. The monoisotopic (exact) mass is 230 g/mol. The topological polar surface area (TPSA) is 35.5 Å². The van der Waals surface area contributed by atoms with Gasteiger partial charge in [-0.3, -0.25) is 4.79 Å². The molecule has 0 aromatic heterocycles. The summed E-state index contributed by atoms with van der Waals surface area (Å²) in [6, 6.07) is 2.94. The summed E-state index contributed by atoms with van der Waals surface area (Å²) < 4.78 is 23.5. The van der Waals surface area contributed by atoms with Crippen molar-refractivity contribution in [2.24, 2.45) is 0 Å². The molecule has 0 saturated carbocycles. The quantitative estimate of drug-likeness (QED) is 0.442. The highest BCUT2D eigenvalue weighted by atomic mass is 32.2. The molecule has 0 unspecified atom stereocenters. The molecule has 1 aromatic rings. The summed E-state index contributed by atoms with van der Waals surface area (Å²) in [5.74, 6) is -0.168. The molecule has 82 valence electrons.